The molecule has 0 fully saturated rings. The molecule has 2 aromatic carbocycles. The molecule has 0 aliphatic rings. The van der Waals surface area contributed by atoms with Crippen LogP contribution in [0.15, 0.2) is 42.5 Å². The van der Waals surface area contributed by atoms with Crippen molar-refractivity contribution in [2.45, 2.75) is 52.1 Å². The topological polar surface area (TPSA) is 84.7 Å². The van der Waals surface area contributed by atoms with Gasteiger partial charge in [0.1, 0.15) is 5.75 Å². The van der Waals surface area contributed by atoms with Crippen molar-refractivity contribution < 1.29 is 13.2 Å². The average molecular weight is 464 g/mol. The molecule has 1 atom stereocenters. The molecule has 8 heteroatoms. The summed E-state index contributed by atoms with van der Waals surface area (Å²) >= 11 is 5.33. The second-order valence-electron chi connectivity index (χ2n) is 8.88. The fourth-order valence-corrected chi connectivity index (χ4v) is 4.17. The Morgan fingerprint density at radius 2 is 1.74 bits per heavy atom. The van der Waals surface area contributed by atoms with Gasteiger partial charge in [0.05, 0.1) is 19.1 Å². The van der Waals surface area contributed by atoms with Crippen molar-refractivity contribution in [3.05, 3.63) is 59.2 Å². The highest BCUT2D eigenvalue weighted by Gasteiger charge is 2.19. The van der Waals surface area contributed by atoms with Crippen LogP contribution >= 0.6 is 12.2 Å². The van der Waals surface area contributed by atoms with Gasteiger partial charge in [0.2, 0.25) is 10.0 Å². The van der Waals surface area contributed by atoms with E-state index in [4.69, 9.17) is 22.7 Å². The number of benzene rings is 2. The van der Waals surface area contributed by atoms with E-state index in [9.17, 15) is 8.42 Å². The third kappa shape index (κ3) is 7.40. The van der Waals surface area contributed by atoms with Crippen LogP contribution in [0.2, 0.25) is 0 Å². The Bertz CT molecular complexity index is 1010. The maximum Gasteiger partial charge on any atom is 0.229 e. The summed E-state index contributed by atoms with van der Waals surface area (Å²) in [4.78, 5) is 2.00. The Morgan fingerprint density at radius 3 is 2.23 bits per heavy atom. The van der Waals surface area contributed by atoms with Gasteiger partial charge in [0.25, 0.3) is 0 Å². The minimum Gasteiger partial charge on any atom is -0.495 e. The van der Waals surface area contributed by atoms with Crippen molar-refractivity contribution in [3.63, 3.8) is 0 Å². The maximum absolute atomic E-state index is 11.5. The predicted octanol–water partition coefficient (Wildman–Crippen LogP) is 4.04. The number of methoxy groups -OCH3 is 1. The Hall–Kier alpha value is -2.32. The molecule has 0 saturated carbocycles. The molecule has 31 heavy (non-hydrogen) atoms. The molecule has 0 heterocycles. The van der Waals surface area contributed by atoms with Crippen molar-refractivity contribution in [2.24, 2.45) is 5.73 Å². The fourth-order valence-electron chi connectivity index (χ4n) is 3.36. The van der Waals surface area contributed by atoms with Crippen LogP contribution < -0.4 is 15.2 Å². The number of nitrogens with zero attached hydrogens (tertiary/aromatic N) is 1. The molecule has 0 bridgehead atoms. The van der Waals surface area contributed by atoms with Gasteiger partial charge in [-0.2, -0.15) is 0 Å². The first kappa shape index (κ1) is 24.9. The van der Waals surface area contributed by atoms with Crippen LogP contribution in [0.4, 0.5) is 5.69 Å². The van der Waals surface area contributed by atoms with E-state index in [1.165, 1.54) is 12.7 Å². The summed E-state index contributed by atoms with van der Waals surface area (Å²) in [5.74, 6) is 0.467. The minimum atomic E-state index is -3.39. The lowest BCUT2D eigenvalue weighted by molar-refractivity contribution is 0.322. The van der Waals surface area contributed by atoms with Crippen molar-refractivity contribution in [3.8, 4) is 5.75 Å². The van der Waals surface area contributed by atoms with Gasteiger partial charge < -0.3 is 15.4 Å². The summed E-state index contributed by atoms with van der Waals surface area (Å²) in [5.41, 5.74) is 9.96. The van der Waals surface area contributed by atoms with Crippen molar-refractivity contribution in [2.75, 3.05) is 18.1 Å². The molecule has 0 saturated heterocycles. The van der Waals surface area contributed by atoms with Crippen LogP contribution in [0.3, 0.4) is 0 Å². The Kier molecular flexibility index (Phi) is 7.94. The smallest absolute Gasteiger partial charge is 0.229 e. The van der Waals surface area contributed by atoms with Gasteiger partial charge in [-0.1, -0.05) is 51.1 Å². The van der Waals surface area contributed by atoms with E-state index in [2.05, 4.69) is 56.7 Å². The number of ether oxygens (including phenoxy) is 1. The highest BCUT2D eigenvalue weighted by Crippen LogP contribution is 2.28. The summed E-state index contributed by atoms with van der Waals surface area (Å²) in [7, 11) is -1.88. The third-order valence-electron chi connectivity index (χ3n) is 5.08. The van der Waals surface area contributed by atoms with Crippen LogP contribution in [-0.2, 0) is 28.4 Å². The highest BCUT2D eigenvalue weighted by atomic mass is 32.2. The zero-order chi connectivity index (χ0) is 23.4. The SMILES string of the molecule is COc1cc(CC(C)N(Cc2ccc(C(C)(C)C)cc2)C(N)=S)ccc1NS(C)(=O)=O. The second kappa shape index (κ2) is 9.87. The first-order valence-electron chi connectivity index (χ1n) is 10.1. The molecular formula is C23H33N3O3S2. The summed E-state index contributed by atoms with van der Waals surface area (Å²) < 4.78 is 30.9. The highest BCUT2D eigenvalue weighted by molar-refractivity contribution is 7.92. The molecule has 1 unspecified atom stereocenters. The maximum atomic E-state index is 11.5. The molecule has 170 valence electrons. The molecular weight excluding hydrogens is 430 g/mol. The number of hydrogen-bond acceptors (Lipinski definition) is 4. The Balaban J connectivity index is 2.17. The molecule has 2 rings (SSSR count). The van der Waals surface area contributed by atoms with Crippen LogP contribution in [0, 0.1) is 0 Å². The van der Waals surface area contributed by atoms with Crippen LogP contribution in [-0.4, -0.2) is 37.8 Å². The predicted molar refractivity (Wildman–Crippen MR) is 132 cm³/mol. The Morgan fingerprint density at radius 1 is 1.16 bits per heavy atom. The third-order valence-corrected chi connectivity index (χ3v) is 5.91. The summed E-state index contributed by atoms with van der Waals surface area (Å²) in [6.07, 6.45) is 1.78. The van der Waals surface area contributed by atoms with Gasteiger partial charge in [-0.15, -0.1) is 0 Å². The first-order valence-corrected chi connectivity index (χ1v) is 12.4. The molecule has 2 aromatic rings. The van der Waals surface area contributed by atoms with Gasteiger partial charge in [-0.25, -0.2) is 8.42 Å². The average Bonchev–Trinajstić information content (AvgIpc) is 2.65. The number of rotatable bonds is 8. The van der Waals surface area contributed by atoms with Gasteiger partial charge in [-0.05, 0) is 59.8 Å². The monoisotopic (exact) mass is 463 g/mol. The fraction of sp³-hybridized carbons (Fsp3) is 0.435. The van der Waals surface area contributed by atoms with E-state index >= 15 is 0 Å². The molecule has 6 nitrogen and oxygen atoms in total. The number of anilines is 1. The van der Waals surface area contributed by atoms with Gasteiger partial charge in [0.15, 0.2) is 5.11 Å². The van der Waals surface area contributed by atoms with Gasteiger partial charge in [0, 0.05) is 12.6 Å². The summed E-state index contributed by atoms with van der Waals surface area (Å²) in [6, 6.07) is 14.0. The number of nitrogens with two attached hydrogens (primary N) is 1. The van der Waals surface area contributed by atoms with Crippen LogP contribution in [0.1, 0.15) is 44.4 Å². The quantitative estimate of drug-likeness (QED) is 0.575. The lowest BCUT2D eigenvalue weighted by Crippen LogP contribution is -2.42. The molecule has 0 radical (unpaired) electrons. The molecule has 0 spiro atoms. The molecule has 3 N–H and O–H groups in total. The second-order valence-corrected chi connectivity index (χ2v) is 11.0. The molecule has 0 aromatic heterocycles. The lowest BCUT2D eigenvalue weighted by Gasteiger charge is -2.30. The van der Waals surface area contributed by atoms with E-state index in [0.717, 1.165) is 17.4 Å². The first-order chi connectivity index (χ1) is 14.3. The van der Waals surface area contributed by atoms with Crippen LogP contribution in [0.25, 0.3) is 0 Å². The number of hydrogen-bond donors (Lipinski definition) is 2. The molecule has 0 aliphatic carbocycles. The van der Waals surface area contributed by atoms with Gasteiger partial charge >= 0.3 is 0 Å². The van der Waals surface area contributed by atoms with E-state index < -0.39 is 10.0 Å². The number of sulfonamides is 1. The Labute approximate surface area is 191 Å². The van der Waals surface area contributed by atoms with Gasteiger partial charge in [-0.3, -0.25) is 4.72 Å². The molecule has 0 amide bonds. The summed E-state index contributed by atoms with van der Waals surface area (Å²) in [5, 5.41) is 0.342. The lowest BCUT2D eigenvalue weighted by atomic mass is 9.86. The zero-order valence-electron chi connectivity index (χ0n) is 19.1. The van der Waals surface area contributed by atoms with E-state index in [1.807, 2.05) is 17.0 Å². The standard InChI is InChI=1S/C23H33N3O3S2/c1-16(13-18-9-12-20(21(14-18)29-5)25-31(6,27)28)26(22(24)30)15-17-7-10-19(11-8-17)23(2,3)4/h7-12,14,16,25H,13,15H2,1-6H3,(H2,24,30). The largest absolute Gasteiger partial charge is 0.495 e. The van der Waals surface area contributed by atoms with Crippen LogP contribution in [0.5, 0.6) is 5.75 Å². The number of nitrogens with one attached hydrogen (secondary N) is 1. The van der Waals surface area contributed by atoms with Crippen molar-refractivity contribution in [1.82, 2.24) is 4.90 Å². The van der Waals surface area contributed by atoms with E-state index in [0.29, 0.717) is 29.5 Å². The van der Waals surface area contributed by atoms with E-state index in [-0.39, 0.29) is 11.5 Å². The minimum absolute atomic E-state index is 0.0400. The zero-order valence-corrected chi connectivity index (χ0v) is 20.7. The normalized spacial score (nSPS) is 12.8. The molecule has 0 aliphatic heterocycles. The van der Waals surface area contributed by atoms with Crippen molar-refractivity contribution in [1.29, 1.82) is 0 Å². The number of thiocarbonyl (C=S) groups is 1. The van der Waals surface area contributed by atoms with Crippen molar-refractivity contribution >= 4 is 33.0 Å². The van der Waals surface area contributed by atoms with E-state index in [1.54, 1.807) is 6.07 Å². The summed E-state index contributed by atoms with van der Waals surface area (Å²) in [6.45, 7) is 9.26.